The van der Waals surface area contributed by atoms with Crippen LogP contribution >= 0.6 is 0 Å². The van der Waals surface area contributed by atoms with E-state index >= 15 is 0 Å². The van der Waals surface area contributed by atoms with Gasteiger partial charge < -0.3 is 23.3 Å². The van der Waals surface area contributed by atoms with Crippen LogP contribution in [0.2, 0.25) is 0 Å². The van der Waals surface area contributed by atoms with E-state index in [9.17, 15) is 4.79 Å². The van der Waals surface area contributed by atoms with E-state index in [4.69, 9.17) is 18.9 Å². The van der Waals surface area contributed by atoms with Crippen LogP contribution in [-0.4, -0.2) is 36.7 Å². The Morgan fingerprint density at radius 3 is 2.44 bits per heavy atom. The molecule has 1 aromatic carbocycles. The number of carbonyl (C=O) groups is 1. The zero-order valence-electron chi connectivity index (χ0n) is 15.6. The number of benzene rings is 1. The minimum atomic E-state index is -0.291. The third-order valence-corrected chi connectivity index (χ3v) is 4.14. The van der Waals surface area contributed by atoms with Gasteiger partial charge in [-0.15, -0.1) is 0 Å². The van der Waals surface area contributed by atoms with Gasteiger partial charge in [-0.25, -0.2) is 4.98 Å². The van der Waals surface area contributed by atoms with Crippen molar-refractivity contribution in [3.8, 4) is 17.2 Å². The van der Waals surface area contributed by atoms with Crippen molar-refractivity contribution in [3.63, 3.8) is 0 Å². The van der Waals surface area contributed by atoms with Gasteiger partial charge in [0.15, 0.2) is 11.5 Å². The van der Waals surface area contributed by atoms with Crippen LogP contribution in [0.3, 0.4) is 0 Å². The maximum absolute atomic E-state index is 12.1. The maximum Gasteiger partial charge on any atom is 0.306 e. The van der Waals surface area contributed by atoms with Crippen LogP contribution in [0, 0.1) is 0 Å². The van der Waals surface area contributed by atoms with Crippen molar-refractivity contribution < 1.29 is 23.7 Å². The predicted molar refractivity (Wildman–Crippen MR) is 99.4 cm³/mol. The normalized spacial score (nSPS) is 10.6. The van der Waals surface area contributed by atoms with E-state index in [2.05, 4.69) is 4.98 Å². The number of aryl methyl sites for hydroxylation is 1. The Bertz CT molecular complexity index is 877. The SMILES string of the molecule is COc1cc(CCC(=O)OCc2cn3ccccc3n2)cc(OC)c1OC. The molecule has 0 atom stereocenters. The highest BCUT2D eigenvalue weighted by atomic mass is 16.5. The molecule has 7 heteroatoms. The standard InChI is InChI=1S/C20H22N2O5/c1-24-16-10-14(11-17(25-2)20(16)26-3)7-8-19(23)27-13-15-12-22-9-5-4-6-18(22)21-15/h4-6,9-12H,7-8,13H2,1-3H3. The van der Waals surface area contributed by atoms with Crippen molar-refractivity contribution in [2.24, 2.45) is 0 Å². The summed E-state index contributed by atoms with van der Waals surface area (Å²) < 4.78 is 23.2. The number of esters is 1. The lowest BCUT2D eigenvalue weighted by atomic mass is 10.1. The fourth-order valence-corrected chi connectivity index (χ4v) is 2.81. The van der Waals surface area contributed by atoms with Gasteiger partial charge in [0.1, 0.15) is 12.3 Å². The lowest BCUT2D eigenvalue weighted by Gasteiger charge is -2.14. The predicted octanol–water partition coefficient (Wildman–Crippen LogP) is 3.04. The van der Waals surface area contributed by atoms with Crippen molar-refractivity contribution in [3.05, 3.63) is 54.0 Å². The molecule has 0 spiro atoms. The molecule has 2 aromatic heterocycles. The number of ether oxygens (including phenoxy) is 4. The van der Waals surface area contributed by atoms with Gasteiger partial charge in [0.05, 0.1) is 27.0 Å². The summed E-state index contributed by atoms with van der Waals surface area (Å²) >= 11 is 0. The van der Waals surface area contributed by atoms with E-state index in [-0.39, 0.29) is 19.0 Å². The van der Waals surface area contributed by atoms with Crippen molar-refractivity contribution in [1.82, 2.24) is 9.38 Å². The van der Waals surface area contributed by atoms with Crippen molar-refractivity contribution in [2.75, 3.05) is 21.3 Å². The number of pyridine rings is 1. The Labute approximate surface area is 157 Å². The fourth-order valence-electron chi connectivity index (χ4n) is 2.81. The highest BCUT2D eigenvalue weighted by molar-refractivity contribution is 5.70. The molecule has 0 aliphatic heterocycles. The quantitative estimate of drug-likeness (QED) is 0.568. The fraction of sp³-hybridized carbons (Fsp3) is 0.300. The number of carbonyl (C=O) groups excluding carboxylic acids is 1. The molecule has 0 bridgehead atoms. The number of hydrogen-bond acceptors (Lipinski definition) is 6. The molecule has 0 N–H and O–H groups in total. The molecule has 0 radical (unpaired) electrons. The Morgan fingerprint density at radius 1 is 1.07 bits per heavy atom. The number of imidazole rings is 1. The Balaban J connectivity index is 1.58. The van der Waals surface area contributed by atoms with Gasteiger partial charge in [-0.1, -0.05) is 6.07 Å². The van der Waals surface area contributed by atoms with Crippen LogP contribution in [0.5, 0.6) is 17.2 Å². The first-order chi connectivity index (χ1) is 13.1. The third-order valence-electron chi connectivity index (χ3n) is 4.14. The average molecular weight is 370 g/mol. The van der Waals surface area contributed by atoms with E-state index in [1.807, 2.05) is 47.1 Å². The second-order valence-corrected chi connectivity index (χ2v) is 5.89. The number of methoxy groups -OCH3 is 3. The van der Waals surface area contributed by atoms with Crippen LogP contribution in [-0.2, 0) is 22.6 Å². The summed E-state index contributed by atoms with van der Waals surface area (Å²) in [6, 6.07) is 9.39. The van der Waals surface area contributed by atoms with Gasteiger partial charge in [-0.2, -0.15) is 0 Å². The molecule has 142 valence electrons. The highest BCUT2D eigenvalue weighted by Gasteiger charge is 2.14. The molecule has 3 rings (SSSR count). The summed E-state index contributed by atoms with van der Waals surface area (Å²) in [5.41, 5.74) is 2.43. The van der Waals surface area contributed by atoms with Crippen LogP contribution < -0.4 is 14.2 Å². The third kappa shape index (κ3) is 4.31. The van der Waals surface area contributed by atoms with Gasteiger partial charge >= 0.3 is 5.97 Å². The highest BCUT2D eigenvalue weighted by Crippen LogP contribution is 2.38. The first-order valence-corrected chi connectivity index (χ1v) is 8.51. The Hall–Kier alpha value is -3.22. The summed E-state index contributed by atoms with van der Waals surface area (Å²) in [7, 11) is 4.67. The smallest absolute Gasteiger partial charge is 0.306 e. The van der Waals surface area contributed by atoms with E-state index in [0.717, 1.165) is 11.2 Å². The molecule has 3 aromatic rings. The molecule has 0 saturated carbocycles. The lowest BCUT2D eigenvalue weighted by molar-refractivity contribution is -0.145. The first kappa shape index (κ1) is 18.6. The summed E-state index contributed by atoms with van der Waals surface area (Å²) in [5.74, 6) is 1.36. The zero-order valence-corrected chi connectivity index (χ0v) is 15.6. The molecular weight excluding hydrogens is 348 g/mol. The minimum absolute atomic E-state index is 0.149. The van der Waals surface area contributed by atoms with Crippen molar-refractivity contribution in [1.29, 1.82) is 0 Å². The Morgan fingerprint density at radius 2 is 1.81 bits per heavy atom. The summed E-state index contributed by atoms with van der Waals surface area (Å²) in [6.07, 6.45) is 4.49. The number of rotatable bonds is 8. The lowest BCUT2D eigenvalue weighted by Crippen LogP contribution is -2.06. The molecule has 0 saturated heterocycles. The topological polar surface area (TPSA) is 71.3 Å². The second-order valence-electron chi connectivity index (χ2n) is 5.89. The van der Waals surface area contributed by atoms with E-state index in [1.165, 1.54) is 0 Å². The van der Waals surface area contributed by atoms with Crippen LogP contribution in [0.4, 0.5) is 0 Å². The van der Waals surface area contributed by atoms with E-state index in [0.29, 0.717) is 29.4 Å². The zero-order chi connectivity index (χ0) is 19.2. The first-order valence-electron chi connectivity index (χ1n) is 8.51. The summed E-state index contributed by atoms with van der Waals surface area (Å²) in [5, 5.41) is 0. The van der Waals surface area contributed by atoms with E-state index in [1.54, 1.807) is 21.3 Å². The molecule has 0 aliphatic carbocycles. The Kier molecular flexibility index (Phi) is 5.80. The monoisotopic (exact) mass is 370 g/mol. The molecule has 27 heavy (non-hydrogen) atoms. The molecule has 0 unspecified atom stereocenters. The summed E-state index contributed by atoms with van der Waals surface area (Å²) in [6.45, 7) is 0.149. The van der Waals surface area contributed by atoms with Crippen molar-refractivity contribution in [2.45, 2.75) is 19.4 Å². The molecule has 2 heterocycles. The number of nitrogens with zero attached hydrogens (tertiary/aromatic N) is 2. The van der Waals surface area contributed by atoms with Crippen LogP contribution in [0.15, 0.2) is 42.7 Å². The average Bonchev–Trinajstić information content (AvgIpc) is 3.12. The molecule has 0 amide bonds. The van der Waals surface area contributed by atoms with Gasteiger partial charge in [0.25, 0.3) is 0 Å². The van der Waals surface area contributed by atoms with Crippen molar-refractivity contribution >= 4 is 11.6 Å². The molecule has 0 aliphatic rings. The summed E-state index contributed by atoms with van der Waals surface area (Å²) in [4.78, 5) is 16.5. The van der Waals surface area contributed by atoms with Gasteiger partial charge in [-0.05, 0) is 36.2 Å². The van der Waals surface area contributed by atoms with Crippen LogP contribution in [0.1, 0.15) is 17.7 Å². The molecule has 7 nitrogen and oxygen atoms in total. The molecular formula is C20H22N2O5. The van der Waals surface area contributed by atoms with Gasteiger partial charge in [0.2, 0.25) is 5.75 Å². The van der Waals surface area contributed by atoms with Gasteiger partial charge in [-0.3, -0.25) is 4.79 Å². The van der Waals surface area contributed by atoms with Crippen LogP contribution in [0.25, 0.3) is 5.65 Å². The number of aromatic nitrogens is 2. The maximum atomic E-state index is 12.1. The number of hydrogen-bond donors (Lipinski definition) is 0. The van der Waals surface area contributed by atoms with E-state index < -0.39 is 0 Å². The molecule has 0 fully saturated rings. The number of fused-ring (bicyclic) bond motifs is 1. The second kappa shape index (κ2) is 8.44. The largest absolute Gasteiger partial charge is 0.493 e. The minimum Gasteiger partial charge on any atom is -0.493 e. The van der Waals surface area contributed by atoms with Gasteiger partial charge in [0, 0.05) is 18.8 Å².